The van der Waals surface area contributed by atoms with Gasteiger partial charge in [-0.2, -0.15) is 0 Å². The molecule has 0 radical (unpaired) electrons. The van der Waals surface area contributed by atoms with Crippen LogP contribution in [0.5, 0.6) is 0 Å². The summed E-state index contributed by atoms with van der Waals surface area (Å²) in [6, 6.07) is 8.03. The van der Waals surface area contributed by atoms with Gasteiger partial charge in [0.05, 0.1) is 19.3 Å². The molecule has 0 bridgehead atoms. The Morgan fingerprint density at radius 1 is 1.50 bits per heavy atom. The lowest BCUT2D eigenvalue weighted by Gasteiger charge is -2.14. The molecule has 0 fully saturated rings. The van der Waals surface area contributed by atoms with Crippen molar-refractivity contribution in [3.8, 4) is 0 Å². The minimum absolute atomic E-state index is 0.00630. The molecule has 0 aliphatic carbocycles. The third kappa shape index (κ3) is 2.80. The average Bonchev–Trinajstić information content (AvgIpc) is 2.21. The molecule has 0 saturated heterocycles. The fourth-order valence-electron chi connectivity index (χ4n) is 1.43. The number of aliphatic hydroxyl groups excluding tert-OH is 1. The highest BCUT2D eigenvalue weighted by atomic mass is 16.5. The molecule has 0 spiro atoms. The molecule has 0 aromatic heterocycles. The number of hydrogen-bond donors (Lipinski definition) is 2. The molecule has 1 rings (SSSR count). The van der Waals surface area contributed by atoms with E-state index in [1.807, 2.05) is 31.3 Å². The van der Waals surface area contributed by atoms with Crippen molar-refractivity contribution in [2.24, 2.45) is 0 Å². The quantitative estimate of drug-likeness (QED) is 0.739. The van der Waals surface area contributed by atoms with Crippen molar-refractivity contribution >= 4 is 0 Å². The van der Waals surface area contributed by atoms with Crippen LogP contribution in [0.1, 0.15) is 17.2 Å². The molecule has 0 heterocycles. The van der Waals surface area contributed by atoms with Crippen LogP contribution in [0.4, 0.5) is 0 Å². The second-order valence-corrected chi connectivity index (χ2v) is 3.20. The van der Waals surface area contributed by atoms with Gasteiger partial charge in [0.1, 0.15) is 0 Å². The lowest BCUT2D eigenvalue weighted by atomic mass is 10.1. The first-order valence-electron chi connectivity index (χ1n) is 4.67. The van der Waals surface area contributed by atoms with E-state index in [0.29, 0.717) is 6.61 Å². The number of likely N-dealkylation sites (N-methyl/N-ethyl adjacent to an activating group) is 1. The van der Waals surface area contributed by atoms with Crippen molar-refractivity contribution in [3.63, 3.8) is 0 Å². The Morgan fingerprint density at radius 2 is 2.29 bits per heavy atom. The van der Waals surface area contributed by atoms with E-state index in [4.69, 9.17) is 9.84 Å². The second-order valence-electron chi connectivity index (χ2n) is 3.20. The first-order chi connectivity index (χ1) is 6.81. The summed E-state index contributed by atoms with van der Waals surface area (Å²) in [6.07, 6.45) is 0. The van der Waals surface area contributed by atoms with Gasteiger partial charge in [-0.1, -0.05) is 24.3 Å². The highest BCUT2D eigenvalue weighted by Gasteiger charge is 2.07. The molecular weight excluding hydrogens is 178 g/mol. The highest BCUT2D eigenvalue weighted by Crippen LogP contribution is 2.14. The molecule has 0 amide bonds. The van der Waals surface area contributed by atoms with Gasteiger partial charge in [-0.3, -0.25) is 0 Å². The maximum Gasteiger partial charge on any atom is 0.0713 e. The topological polar surface area (TPSA) is 41.5 Å². The van der Waals surface area contributed by atoms with E-state index in [-0.39, 0.29) is 12.6 Å². The van der Waals surface area contributed by atoms with Crippen LogP contribution in [0.3, 0.4) is 0 Å². The van der Waals surface area contributed by atoms with Gasteiger partial charge in [-0.05, 0) is 18.2 Å². The van der Waals surface area contributed by atoms with Crippen molar-refractivity contribution in [2.75, 3.05) is 20.8 Å². The fraction of sp³-hybridized carbons (Fsp3) is 0.455. The first-order valence-corrected chi connectivity index (χ1v) is 4.67. The molecule has 78 valence electrons. The molecule has 3 nitrogen and oxygen atoms in total. The zero-order chi connectivity index (χ0) is 10.4. The summed E-state index contributed by atoms with van der Waals surface area (Å²) in [4.78, 5) is 0. The second kappa shape index (κ2) is 5.75. The highest BCUT2D eigenvalue weighted by molar-refractivity contribution is 5.25. The summed E-state index contributed by atoms with van der Waals surface area (Å²) in [5.41, 5.74) is 2.21. The maximum atomic E-state index is 9.11. The standard InChI is InChI=1S/C11H17NO2/c1-12-11(7-13)10-5-3-4-9(6-10)8-14-2/h3-6,11-13H,7-8H2,1-2H3. The third-order valence-corrected chi connectivity index (χ3v) is 2.20. The number of aliphatic hydroxyl groups is 1. The van der Waals surface area contributed by atoms with Gasteiger partial charge in [0.25, 0.3) is 0 Å². The summed E-state index contributed by atoms with van der Waals surface area (Å²) in [7, 11) is 3.51. The van der Waals surface area contributed by atoms with Gasteiger partial charge in [0.2, 0.25) is 0 Å². The van der Waals surface area contributed by atoms with Crippen LogP contribution in [-0.2, 0) is 11.3 Å². The summed E-state index contributed by atoms with van der Waals surface area (Å²) >= 11 is 0. The van der Waals surface area contributed by atoms with Crippen molar-refractivity contribution in [1.29, 1.82) is 0 Å². The normalized spacial score (nSPS) is 12.8. The Balaban J connectivity index is 2.81. The Morgan fingerprint density at radius 3 is 2.86 bits per heavy atom. The summed E-state index contributed by atoms with van der Waals surface area (Å²) in [6.45, 7) is 0.711. The van der Waals surface area contributed by atoms with E-state index in [2.05, 4.69) is 5.32 Å². The van der Waals surface area contributed by atoms with E-state index >= 15 is 0 Å². The van der Waals surface area contributed by atoms with Crippen LogP contribution in [0.15, 0.2) is 24.3 Å². The third-order valence-electron chi connectivity index (χ3n) is 2.20. The van der Waals surface area contributed by atoms with Crippen molar-refractivity contribution in [2.45, 2.75) is 12.6 Å². The van der Waals surface area contributed by atoms with E-state index in [1.165, 1.54) is 0 Å². The Bertz CT molecular complexity index is 272. The molecule has 1 aromatic carbocycles. The minimum Gasteiger partial charge on any atom is -0.394 e. The van der Waals surface area contributed by atoms with E-state index in [0.717, 1.165) is 11.1 Å². The predicted molar refractivity (Wildman–Crippen MR) is 56.0 cm³/mol. The predicted octanol–water partition coefficient (Wildman–Crippen LogP) is 1.09. The molecule has 0 aliphatic rings. The van der Waals surface area contributed by atoms with E-state index in [1.54, 1.807) is 7.11 Å². The monoisotopic (exact) mass is 195 g/mol. The average molecular weight is 195 g/mol. The van der Waals surface area contributed by atoms with Crippen LogP contribution in [0.25, 0.3) is 0 Å². The molecule has 0 aliphatic heterocycles. The molecule has 3 heteroatoms. The van der Waals surface area contributed by atoms with Gasteiger partial charge in [-0.25, -0.2) is 0 Å². The van der Waals surface area contributed by atoms with Crippen LogP contribution in [0, 0.1) is 0 Å². The van der Waals surface area contributed by atoms with Crippen LogP contribution in [0.2, 0.25) is 0 Å². The Labute approximate surface area is 84.7 Å². The van der Waals surface area contributed by atoms with Gasteiger partial charge in [0, 0.05) is 7.11 Å². The van der Waals surface area contributed by atoms with Crippen molar-refractivity contribution < 1.29 is 9.84 Å². The Hall–Kier alpha value is -0.900. The lowest BCUT2D eigenvalue weighted by Crippen LogP contribution is -2.19. The minimum atomic E-state index is 0.00630. The van der Waals surface area contributed by atoms with Crippen LogP contribution in [-0.4, -0.2) is 25.9 Å². The summed E-state index contributed by atoms with van der Waals surface area (Å²) in [5.74, 6) is 0. The van der Waals surface area contributed by atoms with E-state index in [9.17, 15) is 0 Å². The SMILES string of the molecule is CNC(CO)c1cccc(COC)c1. The maximum absolute atomic E-state index is 9.11. The van der Waals surface area contributed by atoms with Crippen LogP contribution >= 0.6 is 0 Å². The summed E-state index contributed by atoms with van der Waals surface area (Å²) < 4.78 is 5.05. The van der Waals surface area contributed by atoms with Crippen molar-refractivity contribution in [1.82, 2.24) is 5.32 Å². The molecule has 0 saturated carbocycles. The number of rotatable bonds is 5. The number of methoxy groups -OCH3 is 1. The van der Waals surface area contributed by atoms with Crippen molar-refractivity contribution in [3.05, 3.63) is 35.4 Å². The zero-order valence-electron chi connectivity index (χ0n) is 8.66. The molecule has 2 N–H and O–H groups in total. The zero-order valence-corrected chi connectivity index (χ0v) is 8.66. The van der Waals surface area contributed by atoms with Gasteiger partial charge < -0.3 is 15.2 Å². The van der Waals surface area contributed by atoms with Crippen LogP contribution < -0.4 is 5.32 Å². The van der Waals surface area contributed by atoms with Gasteiger partial charge in [0.15, 0.2) is 0 Å². The first kappa shape index (κ1) is 11.2. The smallest absolute Gasteiger partial charge is 0.0713 e. The molecular formula is C11H17NO2. The number of benzene rings is 1. The lowest BCUT2D eigenvalue weighted by molar-refractivity contribution is 0.184. The molecule has 1 atom stereocenters. The molecule has 1 aromatic rings. The fourth-order valence-corrected chi connectivity index (χ4v) is 1.43. The Kier molecular flexibility index (Phi) is 4.59. The van der Waals surface area contributed by atoms with Gasteiger partial charge >= 0.3 is 0 Å². The number of hydrogen-bond acceptors (Lipinski definition) is 3. The molecule has 1 unspecified atom stereocenters. The largest absolute Gasteiger partial charge is 0.394 e. The number of nitrogens with one attached hydrogen (secondary N) is 1. The summed E-state index contributed by atoms with van der Waals surface area (Å²) in [5, 5.41) is 12.2. The van der Waals surface area contributed by atoms with E-state index < -0.39 is 0 Å². The van der Waals surface area contributed by atoms with Gasteiger partial charge in [-0.15, -0.1) is 0 Å². The number of ether oxygens (including phenoxy) is 1. The molecule has 14 heavy (non-hydrogen) atoms.